The van der Waals surface area contributed by atoms with Gasteiger partial charge in [-0.2, -0.15) is 0 Å². The van der Waals surface area contributed by atoms with Crippen LogP contribution in [0.4, 0.5) is 5.69 Å². The van der Waals surface area contributed by atoms with Crippen molar-refractivity contribution in [3.8, 4) is 0 Å². The molecule has 2 rings (SSSR count). The van der Waals surface area contributed by atoms with E-state index in [0.29, 0.717) is 30.3 Å². The van der Waals surface area contributed by atoms with Crippen LogP contribution >= 0.6 is 0 Å². The number of anilines is 1. The Kier molecular flexibility index (Phi) is 6.42. The van der Waals surface area contributed by atoms with Crippen molar-refractivity contribution in [2.75, 3.05) is 17.8 Å². The van der Waals surface area contributed by atoms with Gasteiger partial charge in [0.2, 0.25) is 0 Å². The number of nitrogens with one attached hydrogen (secondary N) is 1. The number of carbonyl (C=O) groups is 1. The molecule has 0 saturated heterocycles. The minimum Gasteiger partial charge on any atom is -0.339 e. The molecule has 1 N–H and O–H groups in total. The summed E-state index contributed by atoms with van der Waals surface area (Å²) in [5.41, 5.74) is 2.05. The topological polar surface area (TPSA) is 66.5 Å². The minimum absolute atomic E-state index is 0.0614. The summed E-state index contributed by atoms with van der Waals surface area (Å²) < 4.78 is 27.6. The molecule has 6 heteroatoms. The van der Waals surface area contributed by atoms with Gasteiger partial charge < -0.3 is 4.90 Å². The average molecular weight is 375 g/mol. The lowest BCUT2D eigenvalue weighted by Crippen LogP contribution is -2.30. The van der Waals surface area contributed by atoms with Gasteiger partial charge in [-0.05, 0) is 61.7 Å². The standard InChI is InChI=1S/C20H26N2O3S/c1-5-22(6-2)20(23)17-7-11-18(12-8-17)21-26(24,25)19-13-9-16(10-14-19)15(3)4/h7-15,21H,5-6H2,1-4H3. The summed E-state index contributed by atoms with van der Waals surface area (Å²) in [4.78, 5) is 14.2. The molecule has 0 spiro atoms. The van der Waals surface area contributed by atoms with Crippen LogP contribution in [-0.2, 0) is 10.0 Å². The molecular weight excluding hydrogens is 348 g/mol. The lowest BCUT2D eigenvalue weighted by Gasteiger charge is -2.18. The Balaban J connectivity index is 2.16. The van der Waals surface area contributed by atoms with Gasteiger partial charge in [0.05, 0.1) is 4.90 Å². The fourth-order valence-corrected chi connectivity index (χ4v) is 3.68. The van der Waals surface area contributed by atoms with Crippen molar-refractivity contribution in [3.05, 3.63) is 59.7 Å². The fraction of sp³-hybridized carbons (Fsp3) is 0.350. The van der Waals surface area contributed by atoms with Gasteiger partial charge in [0.25, 0.3) is 15.9 Å². The normalized spacial score (nSPS) is 11.4. The number of rotatable bonds is 7. The molecule has 2 aromatic rings. The van der Waals surface area contributed by atoms with Crippen LogP contribution in [0.2, 0.25) is 0 Å². The zero-order valence-corrected chi connectivity index (χ0v) is 16.5. The first-order valence-corrected chi connectivity index (χ1v) is 10.3. The van der Waals surface area contributed by atoms with Crippen LogP contribution in [0.15, 0.2) is 53.4 Å². The highest BCUT2D eigenvalue weighted by atomic mass is 32.2. The molecular formula is C20H26N2O3S. The summed E-state index contributed by atoms with van der Waals surface area (Å²) >= 11 is 0. The van der Waals surface area contributed by atoms with Crippen molar-refractivity contribution in [3.63, 3.8) is 0 Å². The van der Waals surface area contributed by atoms with Crippen LogP contribution < -0.4 is 4.72 Å². The second-order valence-electron chi connectivity index (χ2n) is 6.38. The molecule has 0 unspecified atom stereocenters. The Hall–Kier alpha value is -2.34. The number of sulfonamides is 1. The summed E-state index contributed by atoms with van der Waals surface area (Å²) in [6, 6.07) is 13.4. The predicted octanol–water partition coefficient (Wildman–Crippen LogP) is 4.09. The van der Waals surface area contributed by atoms with Crippen molar-refractivity contribution < 1.29 is 13.2 Å². The third-order valence-electron chi connectivity index (χ3n) is 4.29. The maximum atomic E-state index is 12.5. The van der Waals surface area contributed by atoms with Crippen molar-refractivity contribution in [1.29, 1.82) is 0 Å². The van der Waals surface area contributed by atoms with E-state index in [9.17, 15) is 13.2 Å². The summed E-state index contributed by atoms with van der Waals surface area (Å²) in [5.74, 6) is 0.282. The van der Waals surface area contributed by atoms with E-state index in [1.807, 2.05) is 26.0 Å². The van der Waals surface area contributed by atoms with Crippen LogP contribution in [0.3, 0.4) is 0 Å². The zero-order valence-electron chi connectivity index (χ0n) is 15.7. The molecule has 0 fully saturated rings. The Morgan fingerprint density at radius 1 is 0.962 bits per heavy atom. The molecule has 0 saturated carbocycles. The smallest absolute Gasteiger partial charge is 0.261 e. The first-order valence-electron chi connectivity index (χ1n) is 8.80. The van der Waals surface area contributed by atoms with Crippen molar-refractivity contribution in [2.24, 2.45) is 0 Å². The predicted molar refractivity (Wildman–Crippen MR) is 105 cm³/mol. The van der Waals surface area contributed by atoms with Crippen molar-refractivity contribution >= 4 is 21.6 Å². The number of benzene rings is 2. The average Bonchev–Trinajstić information content (AvgIpc) is 2.63. The van der Waals surface area contributed by atoms with Gasteiger partial charge in [-0.3, -0.25) is 9.52 Å². The second-order valence-corrected chi connectivity index (χ2v) is 8.07. The third-order valence-corrected chi connectivity index (χ3v) is 5.69. The molecule has 0 radical (unpaired) electrons. The molecule has 0 aromatic heterocycles. The first kappa shape index (κ1) is 20.0. The molecule has 0 aliphatic carbocycles. The number of nitrogens with zero attached hydrogens (tertiary/aromatic N) is 1. The summed E-state index contributed by atoms with van der Waals surface area (Å²) in [6.07, 6.45) is 0. The van der Waals surface area contributed by atoms with Crippen molar-refractivity contribution in [2.45, 2.75) is 38.5 Å². The molecule has 0 aliphatic rings. The Bertz CT molecular complexity index is 838. The largest absolute Gasteiger partial charge is 0.339 e. The highest BCUT2D eigenvalue weighted by molar-refractivity contribution is 7.92. The van der Waals surface area contributed by atoms with Crippen LogP contribution in [0, 0.1) is 0 Å². The fourth-order valence-electron chi connectivity index (χ4n) is 2.62. The molecule has 0 heterocycles. The van der Waals surface area contributed by atoms with Gasteiger partial charge in [-0.1, -0.05) is 26.0 Å². The first-order chi connectivity index (χ1) is 12.3. The van der Waals surface area contributed by atoms with E-state index in [4.69, 9.17) is 0 Å². The van der Waals surface area contributed by atoms with Gasteiger partial charge in [0.15, 0.2) is 0 Å². The van der Waals surface area contributed by atoms with Gasteiger partial charge in [-0.25, -0.2) is 8.42 Å². The molecule has 1 amide bonds. The van der Waals surface area contributed by atoms with E-state index in [2.05, 4.69) is 18.6 Å². The number of carbonyl (C=O) groups excluding carboxylic acids is 1. The summed E-state index contributed by atoms with van der Waals surface area (Å²) in [7, 11) is -3.66. The van der Waals surface area contributed by atoms with Crippen LogP contribution in [0.1, 0.15) is 49.5 Å². The van der Waals surface area contributed by atoms with Gasteiger partial charge in [0, 0.05) is 24.3 Å². The van der Waals surface area contributed by atoms with E-state index in [-0.39, 0.29) is 10.8 Å². The van der Waals surface area contributed by atoms with Crippen molar-refractivity contribution in [1.82, 2.24) is 4.90 Å². The van der Waals surface area contributed by atoms with Crippen LogP contribution in [-0.4, -0.2) is 32.3 Å². The SMILES string of the molecule is CCN(CC)C(=O)c1ccc(NS(=O)(=O)c2ccc(C(C)C)cc2)cc1. The highest BCUT2D eigenvalue weighted by Crippen LogP contribution is 2.20. The van der Waals surface area contributed by atoms with Crippen LogP contribution in [0.25, 0.3) is 0 Å². The molecule has 0 atom stereocenters. The third kappa shape index (κ3) is 4.64. The van der Waals surface area contributed by atoms with Gasteiger partial charge in [0.1, 0.15) is 0 Å². The zero-order chi connectivity index (χ0) is 19.3. The lowest BCUT2D eigenvalue weighted by atomic mass is 10.0. The number of amides is 1. The van der Waals surface area contributed by atoms with Gasteiger partial charge in [-0.15, -0.1) is 0 Å². The van der Waals surface area contributed by atoms with E-state index in [1.54, 1.807) is 41.3 Å². The number of hydrogen-bond donors (Lipinski definition) is 1. The Morgan fingerprint density at radius 2 is 1.50 bits per heavy atom. The molecule has 5 nitrogen and oxygen atoms in total. The van der Waals surface area contributed by atoms with Gasteiger partial charge >= 0.3 is 0 Å². The van der Waals surface area contributed by atoms with E-state index >= 15 is 0 Å². The monoisotopic (exact) mass is 374 g/mol. The highest BCUT2D eigenvalue weighted by Gasteiger charge is 2.16. The van der Waals surface area contributed by atoms with Crippen LogP contribution in [0.5, 0.6) is 0 Å². The Labute approximate surface area is 156 Å². The lowest BCUT2D eigenvalue weighted by molar-refractivity contribution is 0.0773. The quantitative estimate of drug-likeness (QED) is 0.794. The maximum Gasteiger partial charge on any atom is 0.261 e. The molecule has 0 bridgehead atoms. The summed E-state index contributed by atoms with van der Waals surface area (Å²) in [5, 5.41) is 0. The minimum atomic E-state index is -3.66. The van der Waals surface area contributed by atoms with E-state index in [1.165, 1.54) is 0 Å². The number of hydrogen-bond acceptors (Lipinski definition) is 3. The molecule has 0 aliphatic heterocycles. The molecule has 26 heavy (non-hydrogen) atoms. The summed E-state index contributed by atoms with van der Waals surface area (Å²) in [6.45, 7) is 9.24. The molecule has 140 valence electrons. The second kappa shape index (κ2) is 8.36. The molecule has 2 aromatic carbocycles. The van der Waals surface area contributed by atoms with E-state index in [0.717, 1.165) is 5.56 Å². The van der Waals surface area contributed by atoms with E-state index < -0.39 is 10.0 Å². The maximum absolute atomic E-state index is 12.5. The Morgan fingerprint density at radius 3 is 1.96 bits per heavy atom.